The molecule has 0 aromatic rings. The first kappa shape index (κ1) is 12.2. The summed E-state index contributed by atoms with van der Waals surface area (Å²) in [6, 6.07) is 0. The molecule has 0 amide bonds. The molecule has 3 rings (SSSR count). The van der Waals surface area contributed by atoms with Gasteiger partial charge in [0.2, 0.25) is 0 Å². The summed E-state index contributed by atoms with van der Waals surface area (Å²) >= 11 is 0. The van der Waals surface area contributed by atoms with Crippen LogP contribution in [0.15, 0.2) is 12.2 Å². The van der Waals surface area contributed by atoms with Crippen molar-refractivity contribution in [3.8, 4) is 0 Å². The summed E-state index contributed by atoms with van der Waals surface area (Å²) in [7, 11) is 0. The molecule has 2 aliphatic carbocycles. The summed E-state index contributed by atoms with van der Waals surface area (Å²) in [4.78, 5) is 12.1. The lowest BCUT2D eigenvalue weighted by Crippen LogP contribution is -2.44. The van der Waals surface area contributed by atoms with Crippen molar-refractivity contribution in [3.63, 3.8) is 0 Å². The van der Waals surface area contributed by atoms with Gasteiger partial charge >= 0.3 is 5.97 Å². The van der Waals surface area contributed by atoms with E-state index in [4.69, 9.17) is 4.74 Å². The quantitative estimate of drug-likeness (QED) is 0.573. The number of esters is 1. The van der Waals surface area contributed by atoms with Gasteiger partial charge in [0.15, 0.2) is 0 Å². The molecule has 2 bridgehead atoms. The zero-order valence-electron chi connectivity index (χ0n) is 11.3. The Morgan fingerprint density at radius 3 is 2.78 bits per heavy atom. The molecule has 18 heavy (non-hydrogen) atoms. The summed E-state index contributed by atoms with van der Waals surface area (Å²) in [5.74, 6) is 0.881. The Morgan fingerprint density at radius 1 is 1.50 bits per heavy atom. The lowest BCUT2D eigenvalue weighted by molar-refractivity contribution is -0.144. The van der Waals surface area contributed by atoms with Gasteiger partial charge in [0.25, 0.3) is 0 Å². The topological polar surface area (TPSA) is 46.5 Å². The molecule has 0 spiro atoms. The lowest BCUT2D eigenvalue weighted by Gasteiger charge is -2.44. The maximum absolute atomic E-state index is 12.1. The Bertz CT molecular complexity index is 414. The van der Waals surface area contributed by atoms with Crippen LogP contribution in [0.25, 0.3) is 0 Å². The maximum atomic E-state index is 12.1. The Hall–Kier alpha value is -0.830. The predicted molar refractivity (Wildman–Crippen MR) is 67.7 cm³/mol. The number of carbonyl (C=O) groups is 1. The second-order valence-electron chi connectivity index (χ2n) is 6.83. The molecule has 0 radical (unpaired) electrons. The van der Waals surface area contributed by atoms with E-state index in [-0.39, 0.29) is 29.3 Å². The Morgan fingerprint density at radius 2 is 2.17 bits per heavy atom. The molecule has 1 N–H and O–H groups in total. The molecular weight excluding hydrogens is 228 g/mol. The second-order valence-corrected chi connectivity index (χ2v) is 6.83. The molecule has 6 atom stereocenters. The highest BCUT2D eigenvalue weighted by atomic mass is 16.6. The first-order valence-corrected chi connectivity index (χ1v) is 6.94. The van der Waals surface area contributed by atoms with Crippen LogP contribution in [0.1, 0.15) is 33.6 Å². The molecule has 3 nitrogen and oxygen atoms in total. The largest absolute Gasteiger partial charge is 0.462 e. The van der Waals surface area contributed by atoms with Crippen LogP contribution in [0.3, 0.4) is 0 Å². The molecule has 1 saturated heterocycles. The zero-order valence-corrected chi connectivity index (χ0v) is 11.3. The highest BCUT2D eigenvalue weighted by Gasteiger charge is 2.64. The van der Waals surface area contributed by atoms with Gasteiger partial charge in [-0.1, -0.05) is 27.4 Å². The number of ether oxygens (including phenoxy) is 1. The number of hydrogen-bond acceptors (Lipinski definition) is 3. The SMILES string of the molecule is C=C1[C@@H](O)C[C@H]2[C@H]3C(=O)O[C@@H](C[C@@]12C)[C@H]3C(C)C. The van der Waals surface area contributed by atoms with Crippen LogP contribution in [-0.4, -0.2) is 23.3 Å². The summed E-state index contributed by atoms with van der Waals surface area (Å²) in [6.07, 6.45) is 1.08. The van der Waals surface area contributed by atoms with Crippen LogP contribution in [-0.2, 0) is 9.53 Å². The Kier molecular flexibility index (Phi) is 2.44. The molecule has 0 aromatic carbocycles. The van der Waals surface area contributed by atoms with Crippen LogP contribution in [0.4, 0.5) is 0 Å². The van der Waals surface area contributed by atoms with E-state index in [1.165, 1.54) is 0 Å². The van der Waals surface area contributed by atoms with E-state index in [1.54, 1.807) is 0 Å². The van der Waals surface area contributed by atoms with E-state index >= 15 is 0 Å². The first-order valence-electron chi connectivity index (χ1n) is 6.94. The van der Waals surface area contributed by atoms with E-state index in [2.05, 4.69) is 27.4 Å². The molecule has 0 unspecified atom stereocenters. The average molecular weight is 250 g/mol. The lowest BCUT2D eigenvalue weighted by atomic mass is 9.58. The van der Waals surface area contributed by atoms with Gasteiger partial charge in [-0.05, 0) is 35.7 Å². The smallest absolute Gasteiger partial charge is 0.309 e. The standard InChI is InChI=1S/C15H22O3/c1-7(2)12-11-6-15(4)8(3)10(16)5-9(15)13(12)14(17)18-11/h7,9-13,16H,3,5-6H2,1-2,4H3/t9-,10-,11-,12+,13+,15-/m0/s1. The van der Waals surface area contributed by atoms with Crippen molar-refractivity contribution in [3.05, 3.63) is 12.2 Å². The third-order valence-electron chi connectivity index (χ3n) is 5.64. The van der Waals surface area contributed by atoms with Crippen LogP contribution in [0, 0.1) is 29.1 Å². The van der Waals surface area contributed by atoms with E-state index in [1.807, 2.05) is 0 Å². The van der Waals surface area contributed by atoms with Gasteiger partial charge in [-0.25, -0.2) is 0 Å². The van der Waals surface area contributed by atoms with Gasteiger partial charge in [-0.15, -0.1) is 0 Å². The number of aliphatic hydroxyl groups excluding tert-OH is 1. The van der Waals surface area contributed by atoms with Crippen molar-refractivity contribution in [1.29, 1.82) is 0 Å². The molecule has 3 heteroatoms. The fourth-order valence-electron chi connectivity index (χ4n) is 4.65. The number of aliphatic hydroxyl groups is 1. The number of hydrogen-bond donors (Lipinski definition) is 1. The molecule has 3 aliphatic rings. The number of carbonyl (C=O) groups excluding carboxylic acids is 1. The summed E-state index contributed by atoms with van der Waals surface area (Å²) < 4.78 is 5.58. The molecule has 1 aliphatic heterocycles. The van der Waals surface area contributed by atoms with Gasteiger partial charge in [0.1, 0.15) is 6.10 Å². The molecule has 2 saturated carbocycles. The van der Waals surface area contributed by atoms with Crippen LogP contribution in [0.5, 0.6) is 0 Å². The third-order valence-corrected chi connectivity index (χ3v) is 5.64. The number of rotatable bonds is 1. The van der Waals surface area contributed by atoms with Gasteiger partial charge in [0.05, 0.1) is 12.0 Å². The van der Waals surface area contributed by atoms with Crippen LogP contribution >= 0.6 is 0 Å². The van der Waals surface area contributed by atoms with E-state index in [0.717, 1.165) is 12.0 Å². The van der Waals surface area contributed by atoms with Crippen molar-refractivity contribution in [2.24, 2.45) is 29.1 Å². The van der Waals surface area contributed by atoms with Crippen molar-refractivity contribution < 1.29 is 14.6 Å². The van der Waals surface area contributed by atoms with E-state index < -0.39 is 6.10 Å². The van der Waals surface area contributed by atoms with Gasteiger partial charge in [-0.3, -0.25) is 4.79 Å². The minimum absolute atomic E-state index is 0.0193. The summed E-state index contributed by atoms with van der Waals surface area (Å²) in [6.45, 7) is 10.5. The minimum atomic E-state index is -0.444. The Labute approximate surface area is 108 Å². The van der Waals surface area contributed by atoms with Crippen LogP contribution in [0.2, 0.25) is 0 Å². The Balaban J connectivity index is 2.03. The third kappa shape index (κ3) is 1.31. The summed E-state index contributed by atoms with van der Waals surface area (Å²) in [5.41, 5.74) is 0.787. The minimum Gasteiger partial charge on any atom is -0.462 e. The van der Waals surface area contributed by atoms with Gasteiger partial charge in [0, 0.05) is 5.92 Å². The highest BCUT2D eigenvalue weighted by Crippen LogP contribution is 2.62. The van der Waals surface area contributed by atoms with Crippen molar-refractivity contribution in [2.75, 3.05) is 0 Å². The normalized spacial score (nSPS) is 50.6. The van der Waals surface area contributed by atoms with Gasteiger partial charge in [-0.2, -0.15) is 0 Å². The van der Waals surface area contributed by atoms with E-state index in [9.17, 15) is 9.90 Å². The fraction of sp³-hybridized carbons (Fsp3) is 0.800. The zero-order chi connectivity index (χ0) is 13.2. The van der Waals surface area contributed by atoms with Gasteiger partial charge < -0.3 is 9.84 Å². The fourth-order valence-corrected chi connectivity index (χ4v) is 4.65. The average Bonchev–Trinajstić information content (AvgIpc) is 2.66. The molecule has 3 fully saturated rings. The van der Waals surface area contributed by atoms with Crippen molar-refractivity contribution in [2.45, 2.75) is 45.8 Å². The molecule has 0 aromatic heterocycles. The monoisotopic (exact) mass is 250 g/mol. The predicted octanol–water partition coefficient (Wildman–Crippen LogP) is 2.15. The van der Waals surface area contributed by atoms with Crippen LogP contribution < -0.4 is 0 Å². The molecular formula is C15H22O3. The number of fused-ring (bicyclic) bond motifs is 4. The van der Waals surface area contributed by atoms with E-state index in [0.29, 0.717) is 18.3 Å². The molecule has 100 valence electrons. The summed E-state index contributed by atoms with van der Waals surface area (Å²) in [5, 5.41) is 10.1. The highest BCUT2D eigenvalue weighted by molar-refractivity contribution is 5.77. The van der Waals surface area contributed by atoms with Crippen molar-refractivity contribution >= 4 is 5.97 Å². The second kappa shape index (κ2) is 3.60. The first-order chi connectivity index (χ1) is 8.36. The maximum Gasteiger partial charge on any atom is 0.309 e. The molecule has 1 heterocycles. The van der Waals surface area contributed by atoms with Crippen molar-refractivity contribution in [1.82, 2.24) is 0 Å².